The van der Waals surface area contributed by atoms with Gasteiger partial charge in [-0.05, 0) is 37.1 Å². The number of nitrogens with zero attached hydrogens (tertiary/aromatic N) is 2. The second kappa shape index (κ2) is 11.1. The molecule has 0 spiro atoms. The fourth-order valence-corrected chi connectivity index (χ4v) is 2.70. The van der Waals surface area contributed by atoms with Crippen LogP contribution in [0, 0.1) is 13.8 Å². The molecule has 0 atom stereocenters. The number of pyridine rings is 2. The Morgan fingerprint density at radius 2 is 1.53 bits per heavy atom. The van der Waals surface area contributed by atoms with Crippen LogP contribution < -0.4 is 49.7 Å². The van der Waals surface area contributed by atoms with E-state index in [9.17, 15) is 14.4 Å². The van der Waals surface area contributed by atoms with Gasteiger partial charge in [0.15, 0.2) is 42.6 Å². The van der Waals surface area contributed by atoms with Crippen LogP contribution in [0.4, 0.5) is 11.6 Å². The molecule has 30 heavy (non-hydrogen) atoms. The quantitative estimate of drug-likeness (QED) is 0.357. The largest absolute Gasteiger partial charge is 1.00 e. The van der Waals surface area contributed by atoms with E-state index in [0.717, 1.165) is 11.1 Å². The number of aromatic nitrogens is 2. The van der Waals surface area contributed by atoms with Gasteiger partial charge in [-0.15, -0.1) is 0 Å². The molecule has 2 aliphatic heterocycles. The monoisotopic (exact) mass is 421 g/mol. The van der Waals surface area contributed by atoms with Gasteiger partial charge in [-0.2, -0.15) is 0 Å². The molecule has 10 nitrogen and oxygen atoms in total. The first-order valence-corrected chi connectivity index (χ1v) is 8.34. The summed E-state index contributed by atoms with van der Waals surface area (Å²) >= 11 is 0. The summed E-state index contributed by atoms with van der Waals surface area (Å²) in [5, 5.41) is 14.0. The zero-order valence-corrected chi connectivity index (χ0v) is 18.8. The molecule has 0 aliphatic carbocycles. The molecule has 151 valence electrons. The van der Waals surface area contributed by atoms with Gasteiger partial charge in [0.2, 0.25) is 0 Å². The number of aliphatic hydroxyl groups excluding tert-OH is 1. The SMILES string of the molecule is Cc1cc(C=O)nc2c1OCC(=O)N2.Cc1cc(CO)nc2c1OCC(=O)N2.[B].[H-].[Na+]. The molecule has 3 N–H and O–H groups in total. The topological polar surface area (TPSA) is 140 Å². The average molecular weight is 421 g/mol. The number of carbonyl (C=O) groups is 3. The molecule has 2 aliphatic rings. The van der Waals surface area contributed by atoms with Crippen molar-refractivity contribution in [1.82, 2.24) is 9.97 Å². The molecular formula is C18H19BN4NaO6. The van der Waals surface area contributed by atoms with Crippen molar-refractivity contribution in [3.63, 3.8) is 0 Å². The predicted octanol–water partition coefficient (Wildman–Crippen LogP) is -2.52. The number of hydrogen-bond donors (Lipinski definition) is 3. The van der Waals surface area contributed by atoms with E-state index < -0.39 is 0 Å². The molecule has 0 unspecified atom stereocenters. The molecule has 4 rings (SSSR count). The number of hydrogen-bond acceptors (Lipinski definition) is 8. The normalized spacial score (nSPS) is 13.2. The van der Waals surface area contributed by atoms with Gasteiger partial charge in [0, 0.05) is 8.41 Å². The number of carbonyl (C=O) groups excluding carboxylic acids is 3. The molecule has 4 heterocycles. The summed E-state index contributed by atoms with van der Waals surface area (Å²) in [6.07, 6.45) is 0.633. The van der Waals surface area contributed by atoms with Crippen LogP contribution in [0.25, 0.3) is 0 Å². The third kappa shape index (κ3) is 5.79. The van der Waals surface area contributed by atoms with Gasteiger partial charge in [0.05, 0.1) is 12.3 Å². The molecule has 2 aromatic rings. The Morgan fingerprint density at radius 1 is 1.03 bits per heavy atom. The fourth-order valence-electron chi connectivity index (χ4n) is 2.70. The molecule has 0 bridgehead atoms. The van der Waals surface area contributed by atoms with Gasteiger partial charge in [-0.1, -0.05) is 0 Å². The molecule has 0 saturated carbocycles. The first kappa shape index (κ1) is 25.6. The Bertz CT molecular complexity index is 979. The zero-order chi connectivity index (χ0) is 20.3. The molecule has 0 saturated heterocycles. The van der Waals surface area contributed by atoms with E-state index in [1.54, 1.807) is 19.1 Å². The van der Waals surface area contributed by atoms with Gasteiger partial charge in [0.1, 0.15) is 5.69 Å². The van der Waals surface area contributed by atoms with E-state index in [-0.39, 0.29) is 76.7 Å². The molecule has 3 radical (unpaired) electrons. The summed E-state index contributed by atoms with van der Waals surface area (Å²) in [6, 6.07) is 3.35. The summed E-state index contributed by atoms with van der Waals surface area (Å²) in [4.78, 5) is 40.4. The minimum atomic E-state index is -0.257. The van der Waals surface area contributed by atoms with Crippen molar-refractivity contribution in [3.05, 3.63) is 34.6 Å². The minimum Gasteiger partial charge on any atom is -1.00 e. The van der Waals surface area contributed by atoms with Crippen LogP contribution in [-0.2, 0) is 16.2 Å². The Balaban J connectivity index is 0.000000529. The second-order valence-corrected chi connectivity index (χ2v) is 6.10. The number of aliphatic hydroxyl groups is 1. The molecule has 0 aromatic carbocycles. The summed E-state index contributed by atoms with van der Waals surface area (Å²) in [7, 11) is 0. The molecule has 12 heteroatoms. The van der Waals surface area contributed by atoms with Crippen LogP contribution in [0.15, 0.2) is 12.1 Å². The van der Waals surface area contributed by atoms with Gasteiger partial charge in [-0.25, -0.2) is 9.97 Å². The maximum absolute atomic E-state index is 11.0. The Labute approximate surface area is 198 Å². The first-order valence-electron chi connectivity index (χ1n) is 8.34. The maximum atomic E-state index is 11.0. The summed E-state index contributed by atoms with van der Waals surface area (Å²) < 4.78 is 10.4. The summed E-state index contributed by atoms with van der Waals surface area (Å²) in [5.74, 6) is 1.36. The summed E-state index contributed by atoms with van der Waals surface area (Å²) in [5.41, 5.74) is 2.45. The van der Waals surface area contributed by atoms with Gasteiger partial charge >= 0.3 is 29.6 Å². The van der Waals surface area contributed by atoms with Crippen LogP contribution in [0.3, 0.4) is 0 Å². The average Bonchev–Trinajstić information content (AvgIpc) is 2.67. The molecule has 2 aromatic heterocycles. The van der Waals surface area contributed by atoms with Crippen molar-refractivity contribution in [1.29, 1.82) is 0 Å². The van der Waals surface area contributed by atoms with Crippen molar-refractivity contribution < 1.29 is 59.9 Å². The van der Waals surface area contributed by atoms with Gasteiger partial charge < -0.3 is 26.6 Å². The third-order valence-electron chi connectivity index (χ3n) is 3.88. The van der Waals surface area contributed by atoms with Crippen molar-refractivity contribution in [2.45, 2.75) is 20.5 Å². The number of amides is 2. The van der Waals surface area contributed by atoms with E-state index in [1.165, 1.54) is 0 Å². The van der Waals surface area contributed by atoms with Crippen LogP contribution in [0.1, 0.15) is 28.7 Å². The molecular weight excluding hydrogens is 402 g/mol. The van der Waals surface area contributed by atoms with Gasteiger partial charge in [-0.3, -0.25) is 14.4 Å². The number of rotatable bonds is 2. The number of nitrogens with one attached hydrogen (secondary N) is 2. The van der Waals surface area contributed by atoms with E-state index in [2.05, 4.69) is 20.6 Å². The standard InChI is InChI=1S/C9H10N2O3.C9H8N2O3.B.Na.H/c2*1-5-2-6(3-12)10-9-8(5)14-4-7(13)11-9;;;/h2,12H,3-4H2,1H3,(H,10,11,13);2-3H,4H2,1H3,(H,10,11,13);;;/q;;;+1;-1. The van der Waals surface area contributed by atoms with E-state index >= 15 is 0 Å². The first-order chi connectivity index (χ1) is 13.4. The van der Waals surface area contributed by atoms with Gasteiger partial charge in [0.25, 0.3) is 11.8 Å². The maximum Gasteiger partial charge on any atom is 1.00 e. The number of aldehydes is 1. The third-order valence-corrected chi connectivity index (χ3v) is 3.88. The van der Waals surface area contributed by atoms with Crippen LogP contribution >= 0.6 is 0 Å². The number of anilines is 2. The number of fused-ring (bicyclic) bond motifs is 2. The van der Waals surface area contributed by atoms with Crippen LogP contribution in [-0.4, -0.2) is 54.8 Å². The zero-order valence-electron chi connectivity index (χ0n) is 17.8. The van der Waals surface area contributed by atoms with Crippen molar-refractivity contribution in [2.75, 3.05) is 23.8 Å². The fraction of sp³-hybridized carbons (Fsp3) is 0.278. The van der Waals surface area contributed by atoms with E-state index in [1.807, 2.05) is 6.92 Å². The number of aryl methyl sites for hydroxylation is 2. The van der Waals surface area contributed by atoms with E-state index in [0.29, 0.717) is 35.1 Å². The van der Waals surface area contributed by atoms with Crippen molar-refractivity contribution >= 4 is 38.1 Å². The summed E-state index contributed by atoms with van der Waals surface area (Å²) in [6.45, 7) is 3.51. The van der Waals surface area contributed by atoms with Crippen molar-refractivity contribution in [2.24, 2.45) is 0 Å². The Kier molecular flexibility index (Phi) is 9.44. The Hall–Kier alpha value is -2.47. The van der Waals surface area contributed by atoms with Crippen LogP contribution in [0.2, 0.25) is 0 Å². The van der Waals surface area contributed by atoms with E-state index in [4.69, 9.17) is 14.6 Å². The minimum absolute atomic E-state index is 0. The Morgan fingerprint density at radius 3 is 2.03 bits per heavy atom. The second-order valence-electron chi connectivity index (χ2n) is 6.10. The molecule has 2 amide bonds. The number of ether oxygens (including phenoxy) is 2. The van der Waals surface area contributed by atoms with Crippen molar-refractivity contribution in [3.8, 4) is 11.5 Å². The molecule has 0 fully saturated rings. The predicted molar refractivity (Wildman–Crippen MR) is 104 cm³/mol. The smallest absolute Gasteiger partial charge is 1.00 e. The van der Waals surface area contributed by atoms with Crippen LogP contribution in [0.5, 0.6) is 11.5 Å².